The Morgan fingerprint density at radius 1 is 0.778 bits per heavy atom. The lowest BCUT2D eigenvalue weighted by molar-refractivity contribution is 0.101. The minimum absolute atomic E-state index is 0.264. The summed E-state index contributed by atoms with van der Waals surface area (Å²) in [6, 6.07) is 18.7. The van der Waals surface area contributed by atoms with Crippen LogP contribution in [-0.4, -0.2) is 11.8 Å². The summed E-state index contributed by atoms with van der Waals surface area (Å²) in [6.07, 6.45) is 0. The molecule has 136 valence electrons. The van der Waals surface area contributed by atoms with Gasteiger partial charge >= 0.3 is 0 Å². The van der Waals surface area contributed by atoms with Crippen molar-refractivity contribution in [2.24, 2.45) is 0 Å². The van der Waals surface area contributed by atoms with E-state index in [2.05, 4.69) is 33.2 Å². The van der Waals surface area contributed by atoms with Crippen molar-refractivity contribution in [3.05, 3.63) is 91.5 Å². The molecule has 0 bridgehead atoms. The van der Waals surface area contributed by atoms with Crippen molar-refractivity contribution < 1.29 is 9.59 Å². The van der Waals surface area contributed by atoms with Gasteiger partial charge in [-0.05, 0) is 83.3 Å². The molecule has 0 radical (unpaired) electrons. The number of nitrogens with one attached hydrogen (secondary N) is 2. The van der Waals surface area contributed by atoms with Gasteiger partial charge in [-0.15, -0.1) is 0 Å². The first-order chi connectivity index (χ1) is 12.9. The van der Waals surface area contributed by atoms with E-state index in [-0.39, 0.29) is 11.8 Å². The number of benzene rings is 3. The lowest BCUT2D eigenvalue weighted by atomic mass is 10.2. The third kappa shape index (κ3) is 5.22. The Balaban J connectivity index is 1.67. The average Bonchev–Trinajstić information content (AvgIpc) is 2.65. The largest absolute Gasteiger partial charge is 0.322 e. The summed E-state index contributed by atoms with van der Waals surface area (Å²) in [5, 5.41) is 6.45. The van der Waals surface area contributed by atoms with E-state index in [1.54, 1.807) is 60.7 Å². The van der Waals surface area contributed by atoms with Crippen molar-refractivity contribution in [3.8, 4) is 0 Å². The Labute approximate surface area is 180 Å². The molecule has 2 amide bonds. The molecule has 4 nitrogen and oxygen atoms in total. The third-order valence-electron chi connectivity index (χ3n) is 3.66. The van der Waals surface area contributed by atoms with Gasteiger partial charge < -0.3 is 10.6 Å². The van der Waals surface area contributed by atoms with Gasteiger partial charge in [0.1, 0.15) is 0 Å². The standard InChI is InChI=1S/C20H13Cl2IN2O2/c21-13-3-1-2-12(10-13)19(26)24-15-5-7-16(8-6-15)25-20(27)17-11-14(23)4-9-18(17)22/h1-11H,(H,24,26)(H,25,27). The summed E-state index contributed by atoms with van der Waals surface area (Å²) >= 11 is 14.1. The highest BCUT2D eigenvalue weighted by atomic mass is 127. The fourth-order valence-electron chi connectivity index (χ4n) is 2.34. The Morgan fingerprint density at radius 2 is 1.41 bits per heavy atom. The summed E-state index contributed by atoms with van der Waals surface area (Å²) in [5.74, 6) is -0.561. The van der Waals surface area contributed by atoms with Crippen molar-refractivity contribution in [1.82, 2.24) is 0 Å². The maximum absolute atomic E-state index is 12.4. The van der Waals surface area contributed by atoms with E-state index in [1.165, 1.54) is 0 Å². The predicted molar refractivity (Wildman–Crippen MR) is 118 cm³/mol. The van der Waals surface area contributed by atoms with E-state index in [9.17, 15) is 9.59 Å². The van der Waals surface area contributed by atoms with Crippen molar-refractivity contribution in [3.63, 3.8) is 0 Å². The monoisotopic (exact) mass is 510 g/mol. The highest BCUT2D eigenvalue weighted by Crippen LogP contribution is 2.21. The molecule has 7 heteroatoms. The van der Waals surface area contributed by atoms with E-state index >= 15 is 0 Å². The average molecular weight is 511 g/mol. The Morgan fingerprint density at radius 3 is 2.04 bits per heavy atom. The van der Waals surface area contributed by atoms with Gasteiger partial charge in [0.15, 0.2) is 0 Å². The molecule has 2 N–H and O–H groups in total. The van der Waals surface area contributed by atoms with E-state index < -0.39 is 0 Å². The van der Waals surface area contributed by atoms with Crippen molar-refractivity contribution in [1.29, 1.82) is 0 Å². The zero-order chi connectivity index (χ0) is 19.4. The van der Waals surface area contributed by atoms with Gasteiger partial charge in [0.05, 0.1) is 10.6 Å². The molecule has 0 fully saturated rings. The lowest BCUT2D eigenvalue weighted by Crippen LogP contribution is -2.13. The number of carbonyl (C=O) groups is 2. The molecule has 3 rings (SSSR count). The number of halogens is 3. The molecule has 0 aliphatic heterocycles. The topological polar surface area (TPSA) is 58.2 Å². The van der Waals surface area contributed by atoms with Gasteiger partial charge in [-0.3, -0.25) is 9.59 Å². The molecule has 0 saturated carbocycles. The minimum atomic E-state index is -0.297. The zero-order valence-corrected chi connectivity index (χ0v) is 17.5. The van der Waals surface area contributed by atoms with Crippen LogP contribution in [0.2, 0.25) is 10.0 Å². The van der Waals surface area contributed by atoms with Gasteiger partial charge in [-0.2, -0.15) is 0 Å². The second-order valence-electron chi connectivity index (χ2n) is 5.62. The van der Waals surface area contributed by atoms with Gasteiger partial charge in [-0.25, -0.2) is 0 Å². The number of carbonyl (C=O) groups excluding carboxylic acids is 2. The fourth-order valence-corrected chi connectivity index (χ4v) is 3.22. The van der Waals surface area contributed by atoms with Gasteiger partial charge in [0.25, 0.3) is 11.8 Å². The molecular formula is C20H13Cl2IN2O2. The van der Waals surface area contributed by atoms with Crippen LogP contribution in [0.25, 0.3) is 0 Å². The number of hydrogen-bond acceptors (Lipinski definition) is 2. The van der Waals surface area contributed by atoms with Crippen molar-refractivity contribution >= 4 is 69.0 Å². The van der Waals surface area contributed by atoms with Crippen LogP contribution in [0.5, 0.6) is 0 Å². The third-order valence-corrected chi connectivity index (χ3v) is 4.90. The zero-order valence-electron chi connectivity index (χ0n) is 13.8. The molecule has 27 heavy (non-hydrogen) atoms. The summed E-state index contributed by atoms with van der Waals surface area (Å²) in [6.45, 7) is 0. The normalized spacial score (nSPS) is 10.3. The van der Waals surface area contributed by atoms with Crippen LogP contribution in [0.4, 0.5) is 11.4 Å². The minimum Gasteiger partial charge on any atom is -0.322 e. The maximum atomic E-state index is 12.4. The van der Waals surface area contributed by atoms with Crippen molar-refractivity contribution in [2.75, 3.05) is 10.6 Å². The Hall–Kier alpha value is -2.09. The van der Waals surface area contributed by atoms with Gasteiger partial charge in [-0.1, -0.05) is 29.3 Å². The second-order valence-corrected chi connectivity index (χ2v) is 7.71. The molecule has 0 atom stereocenters. The van der Waals surface area contributed by atoms with Crippen LogP contribution in [0.1, 0.15) is 20.7 Å². The molecule has 0 aromatic heterocycles. The molecule has 0 unspecified atom stereocenters. The van der Waals surface area contributed by atoms with Crippen LogP contribution >= 0.6 is 45.8 Å². The van der Waals surface area contributed by atoms with E-state index in [0.717, 1.165) is 3.57 Å². The number of amides is 2. The molecule has 0 heterocycles. The quantitative estimate of drug-likeness (QED) is 0.416. The summed E-state index contributed by atoms with van der Waals surface area (Å²) < 4.78 is 0.918. The molecule has 3 aromatic rings. The molecular weight excluding hydrogens is 498 g/mol. The summed E-state index contributed by atoms with van der Waals surface area (Å²) in [5.41, 5.74) is 2.07. The van der Waals surface area contributed by atoms with Crippen LogP contribution in [-0.2, 0) is 0 Å². The van der Waals surface area contributed by atoms with Crippen LogP contribution in [0.15, 0.2) is 66.7 Å². The number of hydrogen-bond donors (Lipinski definition) is 2. The van der Waals surface area contributed by atoms with Gasteiger partial charge in [0.2, 0.25) is 0 Å². The highest BCUT2D eigenvalue weighted by molar-refractivity contribution is 14.1. The van der Waals surface area contributed by atoms with Crippen LogP contribution < -0.4 is 10.6 Å². The molecule has 0 saturated heterocycles. The van der Waals surface area contributed by atoms with Crippen LogP contribution in [0, 0.1) is 3.57 Å². The van der Waals surface area contributed by atoms with Crippen LogP contribution in [0.3, 0.4) is 0 Å². The molecule has 0 spiro atoms. The first-order valence-corrected chi connectivity index (χ1v) is 9.69. The highest BCUT2D eigenvalue weighted by Gasteiger charge is 2.12. The second kappa shape index (κ2) is 8.73. The van der Waals surface area contributed by atoms with E-state index in [0.29, 0.717) is 32.5 Å². The van der Waals surface area contributed by atoms with E-state index in [4.69, 9.17) is 23.2 Å². The Kier molecular flexibility index (Phi) is 6.36. The fraction of sp³-hybridized carbons (Fsp3) is 0. The summed E-state index contributed by atoms with van der Waals surface area (Å²) in [4.78, 5) is 24.6. The maximum Gasteiger partial charge on any atom is 0.257 e. The number of anilines is 2. The van der Waals surface area contributed by atoms with E-state index in [1.807, 2.05) is 6.07 Å². The smallest absolute Gasteiger partial charge is 0.257 e. The SMILES string of the molecule is O=C(Nc1ccc(NC(=O)c2cc(I)ccc2Cl)cc1)c1cccc(Cl)c1. The first-order valence-electron chi connectivity index (χ1n) is 7.86. The number of rotatable bonds is 4. The molecule has 0 aliphatic carbocycles. The lowest BCUT2D eigenvalue weighted by Gasteiger charge is -2.09. The molecule has 0 aliphatic rings. The first kappa shape index (κ1) is 19.7. The Bertz CT molecular complexity index is 1010. The predicted octanol–water partition coefficient (Wildman–Crippen LogP) is 6.10. The van der Waals surface area contributed by atoms with Crippen molar-refractivity contribution in [2.45, 2.75) is 0 Å². The van der Waals surface area contributed by atoms with Gasteiger partial charge in [0, 0.05) is 25.5 Å². The molecule has 3 aromatic carbocycles. The summed E-state index contributed by atoms with van der Waals surface area (Å²) in [7, 11) is 0.